The maximum absolute atomic E-state index is 11.3. The summed E-state index contributed by atoms with van der Waals surface area (Å²) >= 11 is 0. The number of unbranched alkanes of at least 4 members (excludes halogenated alkanes) is 1. The van der Waals surface area contributed by atoms with Crippen LogP contribution in [0.5, 0.6) is 5.75 Å². The van der Waals surface area contributed by atoms with Crippen LogP contribution in [0.25, 0.3) is 0 Å². The van der Waals surface area contributed by atoms with Crippen LogP contribution in [0.4, 0.5) is 0 Å². The van der Waals surface area contributed by atoms with Crippen molar-refractivity contribution in [2.75, 3.05) is 6.61 Å². The Morgan fingerprint density at radius 1 is 1.33 bits per heavy atom. The summed E-state index contributed by atoms with van der Waals surface area (Å²) in [5, 5.41) is 0. The van der Waals surface area contributed by atoms with Crippen molar-refractivity contribution in [1.82, 2.24) is 0 Å². The standard InChI is InChI=1S/C13H15ClO3S/c1-4-5-6-9-17-12-7-8-13(18(14,15)16)11(3)10(12)2/h1,7-8H,5-6,9H2,2-3H3. The van der Waals surface area contributed by atoms with Crippen LogP contribution in [0.3, 0.4) is 0 Å². The number of terminal acetylenes is 1. The van der Waals surface area contributed by atoms with E-state index in [1.165, 1.54) is 6.07 Å². The minimum absolute atomic E-state index is 0.123. The van der Waals surface area contributed by atoms with Crippen LogP contribution >= 0.6 is 10.7 Å². The zero-order valence-electron chi connectivity index (χ0n) is 10.4. The van der Waals surface area contributed by atoms with Crippen LogP contribution in [-0.4, -0.2) is 15.0 Å². The Hall–Kier alpha value is -1.18. The van der Waals surface area contributed by atoms with E-state index < -0.39 is 9.05 Å². The minimum Gasteiger partial charge on any atom is -0.493 e. The molecule has 0 aromatic heterocycles. The molecule has 0 aliphatic rings. The van der Waals surface area contributed by atoms with E-state index in [2.05, 4.69) is 5.92 Å². The molecule has 98 valence electrons. The van der Waals surface area contributed by atoms with Crippen molar-refractivity contribution in [2.45, 2.75) is 31.6 Å². The SMILES string of the molecule is C#CCCCOc1ccc(S(=O)(=O)Cl)c(C)c1C. The van der Waals surface area contributed by atoms with Gasteiger partial charge in [-0.05, 0) is 43.5 Å². The zero-order valence-corrected chi connectivity index (χ0v) is 11.9. The van der Waals surface area contributed by atoms with Gasteiger partial charge in [-0.2, -0.15) is 0 Å². The van der Waals surface area contributed by atoms with Crippen molar-refractivity contribution in [1.29, 1.82) is 0 Å². The Balaban J connectivity index is 2.92. The summed E-state index contributed by atoms with van der Waals surface area (Å²) in [5.41, 5.74) is 1.39. The second kappa shape index (κ2) is 6.12. The number of hydrogen-bond acceptors (Lipinski definition) is 3. The van der Waals surface area contributed by atoms with Crippen molar-refractivity contribution in [2.24, 2.45) is 0 Å². The van der Waals surface area contributed by atoms with E-state index in [9.17, 15) is 8.42 Å². The Labute approximate surface area is 113 Å². The number of ether oxygens (including phenoxy) is 1. The average molecular weight is 287 g/mol. The third kappa shape index (κ3) is 3.66. The van der Waals surface area contributed by atoms with Crippen LogP contribution in [0, 0.1) is 26.2 Å². The molecule has 0 aliphatic carbocycles. The van der Waals surface area contributed by atoms with Gasteiger partial charge in [0, 0.05) is 17.1 Å². The molecule has 0 radical (unpaired) electrons. The van der Waals surface area contributed by atoms with Gasteiger partial charge in [0.2, 0.25) is 0 Å². The van der Waals surface area contributed by atoms with Gasteiger partial charge in [0.25, 0.3) is 9.05 Å². The predicted octanol–water partition coefficient (Wildman–Crippen LogP) is 3.02. The van der Waals surface area contributed by atoms with Gasteiger partial charge < -0.3 is 4.74 Å². The lowest BCUT2D eigenvalue weighted by molar-refractivity contribution is 0.310. The fourth-order valence-corrected chi connectivity index (χ4v) is 2.80. The topological polar surface area (TPSA) is 43.4 Å². The Kier molecular flexibility index (Phi) is 5.06. The van der Waals surface area contributed by atoms with E-state index in [1.54, 1.807) is 19.9 Å². The Morgan fingerprint density at radius 2 is 2.00 bits per heavy atom. The van der Waals surface area contributed by atoms with E-state index in [-0.39, 0.29) is 4.90 Å². The third-order valence-electron chi connectivity index (χ3n) is 2.67. The molecule has 0 saturated carbocycles. The molecule has 1 rings (SSSR count). The molecular weight excluding hydrogens is 272 g/mol. The van der Waals surface area contributed by atoms with Crippen LogP contribution < -0.4 is 4.74 Å². The summed E-state index contributed by atoms with van der Waals surface area (Å²) in [6, 6.07) is 3.08. The van der Waals surface area contributed by atoms with E-state index in [0.717, 1.165) is 12.0 Å². The molecule has 0 atom stereocenters. The van der Waals surface area contributed by atoms with Crippen molar-refractivity contribution >= 4 is 19.7 Å². The normalized spacial score (nSPS) is 11.0. The van der Waals surface area contributed by atoms with Crippen LogP contribution in [0.1, 0.15) is 24.0 Å². The molecule has 0 amide bonds. The largest absolute Gasteiger partial charge is 0.493 e. The average Bonchev–Trinajstić information content (AvgIpc) is 2.28. The number of benzene rings is 1. The lowest BCUT2D eigenvalue weighted by Crippen LogP contribution is -2.02. The van der Waals surface area contributed by atoms with E-state index >= 15 is 0 Å². The number of halogens is 1. The lowest BCUT2D eigenvalue weighted by atomic mass is 10.1. The van der Waals surface area contributed by atoms with Crippen LogP contribution in [0.15, 0.2) is 17.0 Å². The monoisotopic (exact) mass is 286 g/mol. The molecule has 0 spiro atoms. The Morgan fingerprint density at radius 3 is 2.56 bits per heavy atom. The van der Waals surface area contributed by atoms with Gasteiger partial charge in [0.1, 0.15) is 5.75 Å². The van der Waals surface area contributed by atoms with Gasteiger partial charge in [-0.3, -0.25) is 0 Å². The first kappa shape index (κ1) is 14.9. The maximum atomic E-state index is 11.3. The number of hydrogen-bond donors (Lipinski definition) is 0. The molecule has 5 heteroatoms. The van der Waals surface area contributed by atoms with Gasteiger partial charge in [0.05, 0.1) is 11.5 Å². The summed E-state index contributed by atoms with van der Waals surface area (Å²) in [4.78, 5) is 0.123. The second-order valence-electron chi connectivity index (χ2n) is 3.91. The molecule has 0 unspecified atom stereocenters. The first-order valence-corrected chi connectivity index (χ1v) is 7.80. The second-order valence-corrected chi connectivity index (χ2v) is 6.44. The Bertz CT molecular complexity index is 571. The minimum atomic E-state index is -3.71. The molecule has 0 N–H and O–H groups in total. The molecule has 1 aromatic carbocycles. The first-order chi connectivity index (χ1) is 8.38. The van der Waals surface area contributed by atoms with Crippen LogP contribution in [-0.2, 0) is 9.05 Å². The predicted molar refractivity (Wildman–Crippen MR) is 72.5 cm³/mol. The van der Waals surface area contributed by atoms with E-state index in [0.29, 0.717) is 24.3 Å². The zero-order chi connectivity index (χ0) is 13.8. The molecular formula is C13H15ClO3S. The molecule has 1 aromatic rings. The lowest BCUT2D eigenvalue weighted by Gasteiger charge is -2.12. The molecule has 0 saturated heterocycles. The smallest absolute Gasteiger partial charge is 0.261 e. The number of rotatable bonds is 5. The molecule has 0 bridgehead atoms. The van der Waals surface area contributed by atoms with Gasteiger partial charge in [-0.25, -0.2) is 8.42 Å². The summed E-state index contributed by atoms with van der Waals surface area (Å²) < 4.78 is 28.2. The molecule has 18 heavy (non-hydrogen) atoms. The molecule has 3 nitrogen and oxygen atoms in total. The summed E-state index contributed by atoms with van der Waals surface area (Å²) in [7, 11) is 1.63. The fraction of sp³-hybridized carbons (Fsp3) is 0.385. The highest BCUT2D eigenvalue weighted by atomic mass is 35.7. The van der Waals surface area contributed by atoms with Gasteiger partial charge in [0.15, 0.2) is 0 Å². The fourth-order valence-electron chi connectivity index (χ4n) is 1.55. The summed E-state index contributed by atoms with van der Waals surface area (Å²) in [6.45, 7) is 4.02. The van der Waals surface area contributed by atoms with Crippen molar-refractivity contribution in [3.63, 3.8) is 0 Å². The maximum Gasteiger partial charge on any atom is 0.261 e. The molecule has 0 heterocycles. The van der Waals surface area contributed by atoms with Gasteiger partial charge in [-0.1, -0.05) is 0 Å². The molecule has 0 fully saturated rings. The highest BCUT2D eigenvalue weighted by Crippen LogP contribution is 2.29. The van der Waals surface area contributed by atoms with Crippen molar-refractivity contribution in [3.05, 3.63) is 23.3 Å². The third-order valence-corrected chi connectivity index (χ3v) is 4.14. The van der Waals surface area contributed by atoms with Crippen molar-refractivity contribution < 1.29 is 13.2 Å². The first-order valence-electron chi connectivity index (χ1n) is 5.49. The van der Waals surface area contributed by atoms with E-state index in [4.69, 9.17) is 21.8 Å². The van der Waals surface area contributed by atoms with Gasteiger partial charge >= 0.3 is 0 Å². The van der Waals surface area contributed by atoms with Gasteiger partial charge in [-0.15, -0.1) is 12.3 Å². The van der Waals surface area contributed by atoms with E-state index in [1.807, 2.05) is 0 Å². The molecule has 0 aliphatic heterocycles. The summed E-state index contributed by atoms with van der Waals surface area (Å²) in [5.74, 6) is 3.19. The van der Waals surface area contributed by atoms with Crippen LogP contribution in [0.2, 0.25) is 0 Å². The highest BCUT2D eigenvalue weighted by molar-refractivity contribution is 8.13. The summed E-state index contributed by atoms with van der Waals surface area (Å²) in [6.07, 6.45) is 6.57. The quantitative estimate of drug-likeness (QED) is 0.475. The highest BCUT2D eigenvalue weighted by Gasteiger charge is 2.16. The van der Waals surface area contributed by atoms with Crippen molar-refractivity contribution in [3.8, 4) is 18.1 Å².